The molecular weight excluding hydrogens is 1280 g/mol. The number of aromatic amines is 1. The molecule has 504 valence electrons. The van der Waals surface area contributed by atoms with Gasteiger partial charge in [0.1, 0.15) is 11.6 Å². The molecule has 1 amide bonds. The summed E-state index contributed by atoms with van der Waals surface area (Å²) in [6.45, 7) is 10.6. The lowest BCUT2D eigenvalue weighted by atomic mass is 10.1. The van der Waals surface area contributed by atoms with E-state index in [0.29, 0.717) is 170 Å². The molecular formula is C64H64F2N28O5. The van der Waals surface area contributed by atoms with Crippen molar-refractivity contribution in [1.29, 1.82) is 0 Å². The maximum absolute atomic E-state index is 14.1. The van der Waals surface area contributed by atoms with Crippen molar-refractivity contribution in [3.8, 4) is 45.0 Å². The minimum Gasteiger partial charge on any atom is -0.378 e. The molecule has 99 heavy (non-hydrogen) atoms. The molecule has 33 nitrogen and oxygen atoms in total. The summed E-state index contributed by atoms with van der Waals surface area (Å²) in [4.78, 5) is 94.5. The number of H-pyrrole nitrogens is 1. The van der Waals surface area contributed by atoms with Gasteiger partial charge in [0.2, 0.25) is 23.8 Å². The van der Waals surface area contributed by atoms with E-state index < -0.39 is 11.6 Å². The van der Waals surface area contributed by atoms with Crippen molar-refractivity contribution in [2.45, 2.75) is 18.9 Å². The number of amides is 1. The Balaban J connectivity index is 0.000000113. The minimum atomic E-state index is -0.584. The number of fused-ring (bicyclic) bond motifs is 4. The SMILES string of the molecule is Nc1nc(N2CCOCC2)c2nc(-c3cc(F)ccc3F)cnc2n1.Nc1nc(N2CCOCC2)c2nc(-c3ccc(C(=O)NC4CC4)cc3)cnc2n1.Nc1nc(N2CCOCC2)c2nc(-c3ccncc3)cnc2n1.Nc1nc(N2CCOCC2)c2nc(-c3cn[nH]c3)cnc2n1. The molecule has 1 saturated carbocycles. The molecule has 12 aromatic rings. The maximum atomic E-state index is 14.1. The summed E-state index contributed by atoms with van der Waals surface area (Å²) in [5.74, 6) is 2.05. The van der Waals surface area contributed by atoms with Gasteiger partial charge in [-0.15, -0.1) is 0 Å². The van der Waals surface area contributed by atoms with E-state index in [1.54, 1.807) is 55.5 Å². The molecule has 1 aliphatic carbocycles. The Hall–Kier alpha value is -12.0. The molecule has 2 aromatic carbocycles. The first kappa shape index (κ1) is 64.4. The number of nitrogens with zero attached hydrogens (tertiary/aromatic N) is 22. The van der Waals surface area contributed by atoms with Gasteiger partial charge in [0.25, 0.3) is 5.91 Å². The van der Waals surface area contributed by atoms with Crippen LogP contribution in [0.25, 0.3) is 89.7 Å². The summed E-state index contributed by atoms with van der Waals surface area (Å²) in [7, 11) is 0. The van der Waals surface area contributed by atoms with E-state index in [1.165, 1.54) is 6.20 Å². The molecule has 17 rings (SSSR count). The zero-order valence-corrected chi connectivity index (χ0v) is 53.1. The van der Waals surface area contributed by atoms with Gasteiger partial charge in [-0.2, -0.15) is 45.0 Å². The zero-order valence-electron chi connectivity index (χ0n) is 53.1. The van der Waals surface area contributed by atoms with Crippen molar-refractivity contribution < 1.29 is 32.5 Å². The monoisotopic (exact) mass is 1340 g/mol. The minimum absolute atomic E-state index is 0.0270. The Morgan fingerprint density at radius 3 is 1.20 bits per heavy atom. The van der Waals surface area contributed by atoms with Crippen LogP contribution in [-0.2, 0) is 18.9 Å². The number of nitrogens with one attached hydrogen (secondary N) is 2. The molecule has 0 spiro atoms. The van der Waals surface area contributed by atoms with Crippen LogP contribution < -0.4 is 47.9 Å². The predicted molar refractivity (Wildman–Crippen MR) is 362 cm³/mol. The summed E-state index contributed by atoms with van der Waals surface area (Å²) in [5, 5.41) is 9.69. The number of carbonyl (C=O) groups is 1. The summed E-state index contributed by atoms with van der Waals surface area (Å²) in [6.07, 6.45) is 15.4. The van der Waals surface area contributed by atoms with Crippen LogP contribution in [0.15, 0.2) is 104 Å². The lowest BCUT2D eigenvalue weighted by Crippen LogP contribution is -2.37. The zero-order chi connectivity index (χ0) is 67.8. The van der Waals surface area contributed by atoms with Gasteiger partial charge in [-0.25, -0.2) is 48.7 Å². The second-order valence-corrected chi connectivity index (χ2v) is 22.9. The molecule has 0 atom stereocenters. The normalized spacial score (nSPS) is 15.6. The van der Waals surface area contributed by atoms with Gasteiger partial charge >= 0.3 is 0 Å². The number of aromatic nitrogens is 19. The lowest BCUT2D eigenvalue weighted by Gasteiger charge is -2.28. The number of ether oxygens (including phenoxy) is 4. The quantitative estimate of drug-likeness (QED) is 0.111. The third kappa shape index (κ3) is 15.0. The maximum Gasteiger partial charge on any atom is 0.251 e. The van der Waals surface area contributed by atoms with Crippen molar-refractivity contribution in [2.75, 3.05) is 148 Å². The number of anilines is 8. The summed E-state index contributed by atoms with van der Waals surface area (Å²) in [6, 6.07) is 14.7. The van der Waals surface area contributed by atoms with E-state index in [0.717, 1.165) is 79.6 Å². The number of rotatable bonds is 10. The van der Waals surface area contributed by atoms with Gasteiger partial charge in [0, 0.05) is 105 Å². The van der Waals surface area contributed by atoms with Crippen molar-refractivity contribution >= 4 is 97.6 Å². The third-order valence-corrected chi connectivity index (χ3v) is 16.2. The van der Waals surface area contributed by atoms with Crippen molar-refractivity contribution in [1.82, 2.24) is 100 Å². The van der Waals surface area contributed by atoms with Gasteiger partial charge in [-0.1, -0.05) is 12.1 Å². The topological polar surface area (TPSA) is 431 Å². The fourth-order valence-corrected chi connectivity index (χ4v) is 11.1. The van der Waals surface area contributed by atoms with Gasteiger partial charge in [-0.05, 0) is 55.3 Å². The highest BCUT2D eigenvalue weighted by Gasteiger charge is 2.26. The summed E-state index contributed by atoms with van der Waals surface area (Å²) >= 11 is 0. The van der Waals surface area contributed by atoms with Gasteiger partial charge in [0.15, 0.2) is 67.9 Å². The van der Waals surface area contributed by atoms with Gasteiger partial charge in [-0.3, -0.25) is 14.9 Å². The smallest absolute Gasteiger partial charge is 0.251 e. The number of nitrogen functional groups attached to an aromatic ring is 4. The average molecular weight is 1340 g/mol. The van der Waals surface area contributed by atoms with E-state index in [4.69, 9.17) is 51.9 Å². The average Bonchev–Trinajstić information content (AvgIpc) is 1.72. The number of hydrogen-bond donors (Lipinski definition) is 6. The van der Waals surface area contributed by atoms with Crippen molar-refractivity contribution in [2.24, 2.45) is 0 Å². The third-order valence-electron chi connectivity index (χ3n) is 16.2. The van der Waals surface area contributed by atoms with Crippen LogP contribution in [-0.4, -0.2) is 212 Å². The number of nitrogens with two attached hydrogens (primary N) is 4. The highest BCUT2D eigenvalue weighted by atomic mass is 19.1. The highest BCUT2D eigenvalue weighted by Crippen LogP contribution is 2.32. The largest absolute Gasteiger partial charge is 0.378 e. The second kappa shape index (κ2) is 29.2. The fraction of sp³-hybridized carbons (Fsp3) is 0.297. The first-order chi connectivity index (χ1) is 48.4. The van der Waals surface area contributed by atoms with Crippen LogP contribution in [0.4, 0.5) is 55.8 Å². The van der Waals surface area contributed by atoms with Crippen molar-refractivity contribution in [3.05, 3.63) is 121 Å². The number of morpholine rings is 4. The van der Waals surface area contributed by atoms with E-state index in [2.05, 4.69) is 105 Å². The molecule has 10 N–H and O–H groups in total. The van der Waals surface area contributed by atoms with Gasteiger partial charge < -0.3 is 66.8 Å². The molecule has 0 radical (unpaired) electrons. The first-order valence-corrected chi connectivity index (χ1v) is 31.7. The molecule has 14 heterocycles. The molecule has 5 fully saturated rings. The Morgan fingerprint density at radius 2 is 0.818 bits per heavy atom. The molecule has 0 unspecified atom stereocenters. The van der Waals surface area contributed by atoms with E-state index in [9.17, 15) is 13.6 Å². The summed E-state index contributed by atoms with van der Waals surface area (Å²) < 4.78 is 49.1. The fourth-order valence-electron chi connectivity index (χ4n) is 11.1. The van der Waals surface area contributed by atoms with Gasteiger partial charge in [0.05, 0.1) is 107 Å². The predicted octanol–water partition coefficient (Wildman–Crippen LogP) is 4.31. The van der Waals surface area contributed by atoms with Crippen LogP contribution >= 0.6 is 0 Å². The molecule has 35 heteroatoms. The van der Waals surface area contributed by atoms with E-state index in [-0.39, 0.29) is 41.0 Å². The Bertz CT molecular complexity index is 4850. The highest BCUT2D eigenvalue weighted by molar-refractivity contribution is 5.95. The van der Waals surface area contributed by atoms with Crippen LogP contribution in [0.5, 0.6) is 0 Å². The molecule has 4 saturated heterocycles. The standard InChI is InChI=1S/C20H21N7O2.C16H14F2N6O.C15H15N7O.C13H14N8O/c21-20-25-17-16(18(26-20)27-7-9-29-10-8-27)24-15(11-22-17)12-1-3-13(4-2-12)19(28)23-14-5-6-14;17-9-1-2-11(18)10(7-9)12-8-20-14-13(21-12)15(23-16(19)22-14)24-3-5-25-6-4-24;16-15-20-13-12(14(21-15)22-5-7-23-8-6-22)19-11(9-18-13)10-1-3-17-4-2-10;14-13-19-11-10(12(20-13)21-1-3-22-4-2-21)18-9(7-15-11)8-5-16-17-6-8/h1-4,11,14H,5-10H2,(H,23,28)(H2,21,22,25,26);1-2,7-8H,3-6H2,(H2,19,20,22,23);1-4,9H,5-8H2,(H2,16,18,20,21);5-7H,1-4H2,(H,16,17)(H2,14,15,19,20). The van der Waals surface area contributed by atoms with Crippen LogP contribution in [0.2, 0.25) is 0 Å². The molecule has 4 aliphatic heterocycles. The van der Waals surface area contributed by atoms with Crippen LogP contribution in [0.1, 0.15) is 23.2 Å². The number of halogens is 2. The Morgan fingerprint density at radius 1 is 0.444 bits per heavy atom. The van der Waals surface area contributed by atoms with Crippen LogP contribution in [0, 0.1) is 11.6 Å². The first-order valence-electron chi connectivity index (χ1n) is 31.7. The molecule has 5 aliphatic rings. The second-order valence-electron chi connectivity index (χ2n) is 22.9. The summed E-state index contributed by atoms with van der Waals surface area (Å²) in [5.41, 5.74) is 33.0. The Labute approximate surface area is 561 Å². The van der Waals surface area contributed by atoms with E-state index >= 15 is 0 Å². The van der Waals surface area contributed by atoms with Crippen LogP contribution in [0.3, 0.4) is 0 Å². The Kier molecular flexibility index (Phi) is 19.0. The van der Waals surface area contributed by atoms with E-state index in [1.807, 2.05) is 29.2 Å². The molecule has 0 bridgehead atoms. The molecule has 10 aromatic heterocycles. The number of pyridine rings is 1. The number of carbonyl (C=O) groups excluding carboxylic acids is 1. The van der Waals surface area contributed by atoms with Crippen molar-refractivity contribution in [3.63, 3.8) is 0 Å². The number of hydrogen-bond acceptors (Lipinski definition) is 31. The lowest BCUT2D eigenvalue weighted by molar-refractivity contribution is 0.0951. The number of benzene rings is 2.